The van der Waals surface area contributed by atoms with Crippen molar-refractivity contribution in [3.8, 4) is 5.75 Å². The van der Waals surface area contributed by atoms with Gasteiger partial charge in [0.1, 0.15) is 0 Å². The fourth-order valence-electron chi connectivity index (χ4n) is 2.71. The van der Waals surface area contributed by atoms with Gasteiger partial charge in [-0.25, -0.2) is 0 Å². The SMILES string of the molecule is COc1ccc(NC(=S)NC(=O)c2cccc3c(Br)cccc23)cc1[N+](=O)[O-]. The largest absolute Gasteiger partial charge is 0.490 e. The molecule has 0 aromatic heterocycles. The first-order chi connectivity index (χ1) is 13.4. The van der Waals surface area contributed by atoms with Gasteiger partial charge < -0.3 is 10.1 Å². The van der Waals surface area contributed by atoms with E-state index < -0.39 is 4.92 Å². The summed E-state index contributed by atoms with van der Waals surface area (Å²) in [5.41, 5.74) is 0.614. The summed E-state index contributed by atoms with van der Waals surface area (Å²) in [6.07, 6.45) is 0. The molecule has 0 aliphatic heterocycles. The summed E-state index contributed by atoms with van der Waals surface area (Å²) >= 11 is 8.65. The standard InChI is InChI=1S/C19H14BrN3O4S/c1-27-17-9-8-11(10-16(17)23(25)26)21-19(28)22-18(24)14-6-2-5-13-12(14)4-3-7-15(13)20/h2-10H,1H3,(H2,21,22,24,28). The molecule has 0 saturated heterocycles. The van der Waals surface area contributed by atoms with Crippen molar-refractivity contribution < 1.29 is 14.5 Å². The highest BCUT2D eigenvalue weighted by Gasteiger charge is 2.17. The van der Waals surface area contributed by atoms with E-state index in [1.54, 1.807) is 18.2 Å². The van der Waals surface area contributed by atoms with Gasteiger partial charge in [-0.05, 0) is 47.3 Å². The van der Waals surface area contributed by atoms with Gasteiger partial charge in [-0.1, -0.05) is 40.2 Å². The lowest BCUT2D eigenvalue weighted by molar-refractivity contribution is -0.385. The molecule has 7 nitrogen and oxygen atoms in total. The zero-order chi connectivity index (χ0) is 20.3. The summed E-state index contributed by atoms with van der Waals surface area (Å²) < 4.78 is 5.84. The number of nitro benzene ring substituents is 1. The number of thiocarbonyl (C=S) groups is 1. The number of halogens is 1. The summed E-state index contributed by atoms with van der Waals surface area (Å²) in [5, 5.41) is 18.2. The minimum absolute atomic E-state index is 0.0245. The van der Waals surface area contributed by atoms with E-state index in [2.05, 4.69) is 26.6 Å². The van der Waals surface area contributed by atoms with Gasteiger partial charge >= 0.3 is 5.69 Å². The maximum absolute atomic E-state index is 12.7. The molecule has 28 heavy (non-hydrogen) atoms. The van der Waals surface area contributed by atoms with Crippen LogP contribution >= 0.6 is 28.1 Å². The van der Waals surface area contributed by atoms with Gasteiger partial charge in [-0.3, -0.25) is 20.2 Å². The van der Waals surface area contributed by atoms with Crippen LogP contribution in [0.15, 0.2) is 59.1 Å². The molecule has 0 saturated carbocycles. The highest BCUT2D eigenvalue weighted by Crippen LogP contribution is 2.30. The Bertz CT molecular complexity index is 1100. The molecule has 3 aromatic carbocycles. The third-order valence-electron chi connectivity index (χ3n) is 3.97. The van der Waals surface area contributed by atoms with Crippen LogP contribution in [-0.4, -0.2) is 23.1 Å². The normalized spacial score (nSPS) is 10.4. The summed E-state index contributed by atoms with van der Waals surface area (Å²) in [7, 11) is 1.35. The van der Waals surface area contributed by atoms with Gasteiger partial charge in [0.25, 0.3) is 5.91 Å². The van der Waals surface area contributed by atoms with Crippen LogP contribution in [0.2, 0.25) is 0 Å². The average Bonchev–Trinajstić information content (AvgIpc) is 2.67. The Labute approximate surface area is 174 Å². The molecule has 2 N–H and O–H groups in total. The first kappa shape index (κ1) is 19.7. The molecule has 0 fully saturated rings. The molecule has 0 atom stereocenters. The van der Waals surface area contributed by atoms with Crippen LogP contribution in [0.5, 0.6) is 5.75 Å². The topological polar surface area (TPSA) is 93.5 Å². The van der Waals surface area contributed by atoms with Gasteiger partial charge in [0.15, 0.2) is 10.9 Å². The number of ether oxygens (including phenoxy) is 1. The van der Waals surface area contributed by atoms with E-state index in [1.807, 2.05) is 24.3 Å². The molecular formula is C19H14BrN3O4S. The first-order valence-electron chi connectivity index (χ1n) is 8.02. The van der Waals surface area contributed by atoms with Gasteiger partial charge in [0.2, 0.25) is 0 Å². The predicted octanol–water partition coefficient (Wildman–Crippen LogP) is 4.65. The summed E-state index contributed by atoms with van der Waals surface area (Å²) in [4.78, 5) is 23.2. The first-order valence-corrected chi connectivity index (χ1v) is 9.23. The van der Waals surface area contributed by atoms with Crippen molar-refractivity contribution in [2.45, 2.75) is 0 Å². The Kier molecular flexibility index (Phi) is 5.86. The zero-order valence-electron chi connectivity index (χ0n) is 14.6. The Morgan fingerprint density at radius 2 is 1.86 bits per heavy atom. The number of carbonyl (C=O) groups excluding carboxylic acids is 1. The Hall–Kier alpha value is -3.04. The fourth-order valence-corrected chi connectivity index (χ4v) is 3.42. The highest BCUT2D eigenvalue weighted by molar-refractivity contribution is 9.10. The number of hydrogen-bond acceptors (Lipinski definition) is 5. The molecule has 0 bridgehead atoms. The van der Waals surface area contributed by atoms with Gasteiger partial charge in [-0.2, -0.15) is 0 Å². The van der Waals surface area contributed by atoms with Crippen molar-refractivity contribution in [3.05, 3.63) is 74.7 Å². The van der Waals surface area contributed by atoms with Crippen LogP contribution < -0.4 is 15.4 Å². The zero-order valence-corrected chi connectivity index (χ0v) is 17.0. The molecule has 0 aliphatic carbocycles. The third kappa shape index (κ3) is 4.10. The van der Waals surface area contributed by atoms with E-state index in [9.17, 15) is 14.9 Å². The number of amides is 1. The lowest BCUT2D eigenvalue weighted by atomic mass is 10.0. The van der Waals surface area contributed by atoms with E-state index in [1.165, 1.54) is 19.2 Å². The van der Waals surface area contributed by atoms with Crippen LogP contribution in [0.25, 0.3) is 10.8 Å². The molecule has 3 rings (SSSR count). The molecule has 0 heterocycles. The Morgan fingerprint density at radius 3 is 2.57 bits per heavy atom. The molecule has 142 valence electrons. The second kappa shape index (κ2) is 8.32. The number of methoxy groups -OCH3 is 1. The minimum atomic E-state index is -0.556. The Balaban J connectivity index is 1.79. The molecule has 9 heteroatoms. The van der Waals surface area contributed by atoms with Crippen LogP contribution in [0, 0.1) is 10.1 Å². The third-order valence-corrected chi connectivity index (χ3v) is 4.87. The summed E-state index contributed by atoms with van der Waals surface area (Å²) in [5.74, 6) is -0.254. The van der Waals surface area contributed by atoms with Crippen molar-refractivity contribution >= 4 is 61.3 Å². The average molecular weight is 460 g/mol. The second-order valence-corrected chi connectivity index (χ2v) is 6.96. The minimum Gasteiger partial charge on any atom is -0.490 e. The fraction of sp³-hybridized carbons (Fsp3) is 0.0526. The van der Waals surface area contributed by atoms with E-state index in [4.69, 9.17) is 17.0 Å². The maximum Gasteiger partial charge on any atom is 0.312 e. The Morgan fingerprint density at radius 1 is 1.14 bits per heavy atom. The van der Waals surface area contributed by atoms with Gasteiger partial charge in [0, 0.05) is 21.8 Å². The number of nitrogens with one attached hydrogen (secondary N) is 2. The van der Waals surface area contributed by atoms with Crippen molar-refractivity contribution in [1.29, 1.82) is 0 Å². The smallest absolute Gasteiger partial charge is 0.312 e. The summed E-state index contributed by atoms with van der Waals surface area (Å²) in [6.45, 7) is 0. The number of carbonyl (C=O) groups is 1. The van der Waals surface area contributed by atoms with E-state index >= 15 is 0 Å². The number of anilines is 1. The van der Waals surface area contributed by atoms with Crippen molar-refractivity contribution in [2.24, 2.45) is 0 Å². The molecular weight excluding hydrogens is 446 g/mol. The summed E-state index contributed by atoms with van der Waals surface area (Å²) in [6, 6.07) is 15.3. The quantitative estimate of drug-likeness (QED) is 0.335. The van der Waals surface area contributed by atoms with Crippen LogP contribution in [0.1, 0.15) is 10.4 Å². The monoisotopic (exact) mass is 459 g/mol. The molecule has 0 unspecified atom stereocenters. The number of fused-ring (bicyclic) bond motifs is 1. The highest BCUT2D eigenvalue weighted by atomic mass is 79.9. The van der Waals surface area contributed by atoms with Gasteiger partial charge in [0.05, 0.1) is 12.0 Å². The molecule has 0 spiro atoms. The lowest BCUT2D eigenvalue weighted by Gasteiger charge is -2.12. The number of hydrogen-bond donors (Lipinski definition) is 2. The maximum atomic E-state index is 12.7. The predicted molar refractivity (Wildman–Crippen MR) is 115 cm³/mol. The van der Waals surface area contributed by atoms with E-state index in [0.717, 1.165) is 15.2 Å². The van der Waals surface area contributed by atoms with E-state index in [0.29, 0.717) is 11.3 Å². The van der Waals surface area contributed by atoms with Gasteiger partial charge in [-0.15, -0.1) is 0 Å². The number of rotatable bonds is 4. The van der Waals surface area contributed by atoms with Crippen molar-refractivity contribution in [3.63, 3.8) is 0 Å². The number of benzene rings is 3. The van der Waals surface area contributed by atoms with Crippen molar-refractivity contribution in [1.82, 2.24) is 5.32 Å². The van der Waals surface area contributed by atoms with Crippen LogP contribution in [0.3, 0.4) is 0 Å². The molecule has 1 amide bonds. The molecule has 3 aromatic rings. The van der Waals surface area contributed by atoms with Crippen LogP contribution in [0.4, 0.5) is 11.4 Å². The molecule has 0 aliphatic rings. The molecule has 0 radical (unpaired) electrons. The van der Waals surface area contributed by atoms with Crippen LogP contribution in [-0.2, 0) is 0 Å². The number of nitrogens with zero attached hydrogens (tertiary/aromatic N) is 1. The van der Waals surface area contributed by atoms with E-state index in [-0.39, 0.29) is 22.5 Å². The van der Waals surface area contributed by atoms with Crippen molar-refractivity contribution in [2.75, 3.05) is 12.4 Å². The lowest BCUT2D eigenvalue weighted by Crippen LogP contribution is -2.34. The second-order valence-electron chi connectivity index (χ2n) is 5.69. The number of nitro groups is 1.